The van der Waals surface area contributed by atoms with Crippen molar-refractivity contribution < 1.29 is 9.90 Å². The van der Waals surface area contributed by atoms with Crippen LogP contribution >= 0.6 is 0 Å². The molecule has 4 nitrogen and oxygen atoms in total. The first-order valence-electron chi connectivity index (χ1n) is 6.73. The molecule has 1 amide bonds. The zero-order valence-electron chi connectivity index (χ0n) is 11.6. The maximum atomic E-state index is 11.1. The zero-order valence-corrected chi connectivity index (χ0v) is 11.6. The molecular weight excluding hydrogens is 240 g/mol. The van der Waals surface area contributed by atoms with Gasteiger partial charge in [-0.1, -0.05) is 30.3 Å². The Hall–Kier alpha value is -1.39. The van der Waals surface area contributed by atoms with E-state index < -0.39 is 5.60 Å². The van der Waals surface area contributed by atoms with Crippen LogP contribution in [0.4, 0.5) is 0 Å². The molecule has 2 atom stereocenters. The van der Waals surface area contributed by atoms with Crippen LogP contribution in [0.15, 0.2) is 30.3 Å². The summed E-state index contributed by atoms with van der Waals surface area (Å²) in [6, 6.07) is 10.1. The molecule has 0 radical (unpaired) electrons. The Balaban J connectivity index is 1.96. The average Bonchev–Trinajstić information content (AvgIpc) is 2.33. The van der Waals surface area contributed by atoms with Gasteiger partial charge in [-0.15, -0.1) is 0 Å². The molecular formula is C15H22N2O2. The van der Waals surface area contributed by atoms with E-state index in [-0.39, 0.29) is 11.9 Å². The van der Waals surface area contributed by atoms with Crippen LogP contribution < -0.4 is 5.32 Å². The maximum Gasteiger partial charge on any atom is 0.217 e. The van der Waals surface area contributed by atoms with Crippen LogP contribution in [0.3, 0.4) is 0 Å². The topological polar surface area (TPSA) is 52.6 Å². The summed E-state index contributed by atoms with van der Waals surface area (Å²) < 4.78 is 0. The standard InChI is InChI=1S/C15H22N2O2/c1-12(18)16-14-8-9-17(11-15(14,2)19)10-13-6-4-3-5-7-13/h3-7,14,19H,8-11H2,1-2H3,(H,16,18)/t14-,15-/m0/s1. The molecule has 1 saturated heterocycles. The van der Waals surface area contributed by atoms with Crippen molar-refractivity contribution in [2.75, 3.05) is 13.1 Å². The predicted octanol–water partition coefficient (Wildman–Crippen LogP) is 1.15. The molecule has 1 fully saturated rings. The van der Waals surface area contributed by atoms with Gasteiger partial charge < -0.3 is 10.4 Å². The molecule has 1 aromatic rings. The van der Waals surface area contributed by atoms with Gasteiger partial charge in [0.05, 0.1) is 11.6 Å². The SMILES string of the molecule is CC(=O)N[C@H]1CCN(Cc2ccccc2)C[C@]1(C)O. The molecule has 2 N–H and O–H groups in total. The van der Waals surface area contributed by atoms with E-state index in [1.165, 1.54) is 12.5 Å². The highest BCUT2D eigenvalue weighted by Crippen LogP contribution is 2.22. The summed E-state index contributed by atoms with van der Waals surface area (Å²) in [6.07, 6.45) is 0.777. The third-order valence-corrected chi connectivity index (χ3v) is 3.65. The largest absolute Gasteiger partial charge is 0.387 e. The molecule has 104 valence electrons. The Morgan fingerprint density at radius 3 is 2.74 bits per heavy atom. The molecule has 1 aliphatic heterocycles. The molecule has 19 heavy (non-hydrogen) atoms. The second-order valence-electron chi connectivity index (χ2n) is 5.60. The van der Waals surface area contributed by atoms with Crippen LogP contribution in [0.1, 0.15) is 25.8 Å². The van der Waals surface area contributed by atoms with Gasteiger partial charge in [0.15, 0.2) is 0 Å². The number of nitrogens with zero attached hydrogens (tertiary/aromatic N) is 1. The van der Waals surface area contributed by atoms with Crippen molar-refractivity contribution >= 4 is 5.91 Å². The van der Waals surface area contributed by atoms with Gasteiger partial charge in [0.25, 0.3) is 0 Å². The second kappa shape index (κ2) is 5.72. The molecule has 2 rings (SSSR count). The number of hydrogen-bond acceptors (Lipinski definition) is 3. The van der Waals surface area contributed by atoms with E-state index in [1.54, 1.807) is 6.92 Å². The van der Waals surface area contributed by atoms with Crippen LogP contribution in [0.5, 0.6) is 0 Å². The van der Waals surface area contributed by atoms with Gasteiger partial charge in [0.2, 0.25) is 5.91 Å². The molecule has 0 spiro atoms. The van der Waals surface area contributed by atoms with Crippen molar-refractivity contribution in [1.29, 1.82) is 0 Å². The van der Waals surface area contributed by atoms with E-state index in [1.807, 2.05) is 18.2 Å². The van der Waals surface area contributed by atoms with Gasteiger partial charge in [0.1, 0.15) is 0 Å². The number of benzene rings is 1. The van der Waals surface area contributed by atoms with Crippen molar-refractivity contribution in [3.8, 4) is 0 Å². The lowest BCUT2D eigenvalue weighted by atomic mass is 9.88. The summed E-state index contributed by atoms with van der Waals surface area (Å²) in [7, 11) is 0. The van der Waals surface area contributed by atoms with Gasteiger partial charge in [-0.2, -0.15) is 0 Å². The van der Waals surface area contributed by atoms with Crippen molar-refractivity contribution in [2.45, 2.75) is 38.5 Å². The van der Waals surface area contributed by atoms with E-state index in [4.69, 9.17) is 0 Å². The summed E-state index contributed by atoms with van der Waals surface area (Å²) in [5.41, 5.74) is 0.370. The van der Waals surface area contributed by atoms with Crippen LogP contribution in [-0.4, -0.2) is 40.6 Å². The number of amides is 1. The smallest absolute Gasteiger partial charge is 0.217 e. The van der Waals surface area contributed by atoms with Crippen molar-refractivity contribution in [1.82, 2.24) is 10.2 Å². The Morgan fingerprint density at radius 2 is 2.16 bits per heavy atom. The van der Waals surface area contributed by atoms with E-state index in [9.17, 15) is 9.90 Å². The zero-order chi connectivity index (χ0) is 13.9. The summed E-state index contributed by atoms with van der Waals surface area (Å²) >= 11 is 0. The number of aliphatic hydroxyl groups is 1. The average molecular weight is 262 g/mol. The number of hydrogen-bond donors (Lipinski definition) is 2. The Morgan fingerprint density at radius 1 is 1.47 bits per heavy atom. The third-order valence-electron chi connectivity index (χ3n) is 3.65. The lowest BCUT2D eigenvalue weighted by Gasteiger charge is -2.43. The first-order valence-corrected chi connectivity index (χ1v) is 6.73. The Bertz CT molecular complexity index is 431. The second-order valence-corrected chi connectivity index (χ2v) is 5.60. The number of carbonyl (C=O) groups is 1. The minimum absolute atomic E-state index is 0.0817. The normalized spacial score (nSPS) is 28.1. The fourth-order valence-corrected chi connectivity index (χ4v) is 2.71. The highest BCUT2D eigenvalue weighted by Gasteiger charge is 2.38. The van der Waals surface area contributed by atoms with E-state index >= 15 is 0 Å². The number of rotatable bonds is 3. The first kappa shape index (κ1) is 14.0. The van der Waals surface area contributed by atoms with E-state index in [2.05, 4.69) is 22.3 Å². The molecule has 1 heterocycles. The minimum Gasteiger partial charge on any atom is -0.387 e. The van der Waals surface area contributed by atoms with Crippen molar-refractivity contribution in [3.63, 3.8) is 0 Å². The number of piperidine rings is 1. The van der Waals surface area contributed by atoms with Crippen LogP contribution in [0.25, 0.3) is 0 Å². The van der Waals surface area contributed by atoms with Gasteiger partial charge in [-0.3, -0.25) is 9.69 Å². The lowest BCUT2D eigenvalue weighted by molar-refractivity contribution is -0.123. The number of likely N-dealkylation sites (tertiary alicyclic amines) is 1. The molecule has 1 aliphatic rings. The summed E-state index contributed by atoms with van der Waals surface area (Å²) in [5, 5.41) is 13.3. The predicted molar refractivity (Wildman–Crippen MR) is 74.6 cm³/mol. The highest BCUT2D eigenvalue weighted by atomic mass is 16.3. The Labute approximate surface area is 114 Å². The monoisotopic (exact) mass is 262 g/mol. The molecule has 0 aromatic heterocycles. The fourth-order valence-electron chi connectivity index (χ4n) is 2.71. The first-order chi connectivity index (χ1) is 8.97. The number of carbonyl (C=O) groups excluding carboxylic acids is 1. The van der Waals surface area contributed by atoms with Gasteiger partial charge in [0, 0.05) is 26.6 Å². The van der Waals surface area contributed by atoms with Crippen LogP contribution in [-0.2, 0) is 11.3 Å². The van der Waals surface area contributed by atoms with Gasteiger partial charge in [-0.05, 0) is 18.9 Å². The minimum atomic E-state index is -0.876. The van der Waals surface area contributed by atoms with Crippen LogP contribution in [0.2, 0.25) is 0 Å². The number of nitrogens with one attached hydrogen (secondary N) is 1. The molecule has 4 heteroatoms. The quantitative estimate of drug-likeness (QED) is 0.859. The molecule has 0 saturated carbocycles. The molecule has 0 bridgehead atoms. The fraction of sp³-hybridized carbons (Fsp3) is 0.533. The molecule has 0 unspecified atom stereocenters. The van der Waals surface area contributed by atoms with Gasteiger partial charge in [-0.25, -0.2) is 0 Å². The third kappa shape index (κ3) is 3.78. The van der Waals surface area contributed by atoms with E-state index in [0.29, 0.717) is 6.54 Å². The van der Waals surface area contributed by atoms with E-state index in [0.717, 1.165) is 19.5 Å². The Kier molecular flexibility index (Phi) is 4.22. The van der Waals surface area contributed by atoms with Crippen molar-refractivity contribution in [3.05, 3.63) is 35.9 Å². The number of β-amino-alcohol motifs (C(OH)–C–C–N with tert-alkyl or cyclic N) is 1. The van der Waals surface area contributed by atoms with Gasteiger partial charge >= 0.3 is 0 Å². The lowest BCUT2D eigenvalue weighted by Crippen LogP contribution is -2.60. The maximum absolute atomic E-state index is 11.1. The highest BCUT2D eigenvalue weighted by molar-refractivity contribution is 5.73. The van der Waals surface area contributed by atoms with Crippen LogP contribution in [0, 0.1) is 0 Å². The molecule has 1 aromatic carbocycles. The summed E-state index contributed by atoms with van der Waals surface area (Å²) in [5.74, 6) is -0.0817. The van der Waals surface area contributed by atoms with Crippen molar-refractivity contribution in [2.24, 2.45) is 0 Å². The summed E-state index contributed by atoms with van der Waals surface area (Å²) in [4.78, 5) is 13.4. The molecule has 0 aliphatic carbocycles. The summed E-state index contributed by atoms with van der Waals surface area (Å²) in [6.45, 7) is 5.59.